The van der Waals surface area contributed by atoms with Gasteiger partial charge in [0.05, 0.1) is 18.6 Å². The van der Waals surface area contributed by atoms with Crippen LogP contribution in [0.4, 0.5) is 0 Å². The first-order valence-corrected chi connectivity index (χ1v) is 8.90. The molecule has 0 radical (unpaired) electrons. The van der Waals surface area contributed by atoms with E-state index in [1.807, 2.05) is 6.07 Å². The Morgan fingerprint density at radius 1 is 1.43 bits per heavy atom. The van der Waals surface area contributed by atoms with Crippen LogP contribution in [0.25, 0.3) is 0 Å². The number of thioether (sulfide) groups is 1. The van der Waals surface area contributed by atoms with E-state index >= 15 is 0 Å². The summed E-state index contributed by atoms with van der Waals surface area (Å²) in [7, 11) is 0. The van der Waals surface area contributed by atoms with Crippen LogP contribution in [0.15, 0.2) is 16.7 Å². The predicted molar refractivity (Wildman–Crippen MR) is 83.3 cm³/mol. The molecule has 0 saturated heterocycles. The van der Waals surface area contributed by atoms with Crippen molar-refractivity contribution >= 4 is 17.7 Å². The van der Waals surface area contributed by atoms with Crippen molar-refractivity contribution in [2.45, 2.75) is 55.8 Å². The van der Waals surface area contributed by atoms with Crippen molar-refractivity contribution in [3.8, 4) is 0 Å². The molecular weight excluding hydrogens is 286 g/mol. The van der Waals surface area contributed by atoms with Gasteiger partial charge in [0.15, 0.2) is 0 Å². The molecule has 1 aromatic heterocycles. The Hall–Kier alpha value is -0.940. The molecule has 116 valence electrons. The number of rotatable bonds is 5. The first kappa shape index (κ1) is 15.0. The maximum absolute atomic E-state index is 12.0. The van der Waals surface area contributed by atoms with Gasteiger partial charge in [-0.05, 0) is 31.7 Å². The molecule has 1 atom stereocenters. The van der Waals surface area contributed by atoms with Crippen molar-refractivity contribution in [3.63, 3.8) is 0 Å². The fourth-order valence-corrected chi connectivity index (χ4v) is 4.51. The fourth-order valence-electron chi connectivity index (χ4n) is 3.35. The number of aryl methyl sites for hydroxylation is 1. The highest BCUT2D eigenvalue weighted by Gasteiger charge is 2.36. The molecule has 0 bridgehead atoms. The summed E-state index contributed by atoms with van der Waals surface area (Å²) in [5, 5.41) is 14.3. The van der Waals surface area contributed by atoms with Crippen LogP contribution in [0.1, 0.15) is 49.8 Å². The Morgan fingerprint density at radius 3 is 3.05 bits per heavy atom. The minimum Gasteiger partial charge on any atom is -0.469 e. The quantitative estimate of drug-likeness (QED) is 0.877. The van der Waals surface area contributed by atoms with Gasteiger partial charge in [-0.25, -0.2) is 0 Å². The Kier molecular flexibility index (Phi) is 4.60. The van der Waals surface area contributed by atoms with Crippen molar-refractivity contribution in [2.24, 2.45) is 0 Å². The summed E-state index contributed by atoms with van der Waals surface area (Å²) in [6.07, 6.45) is 9.12. The lowest BCUT2D eigenvalue weighted by molar-refractivity contribution is -0.120. The van der Waals surface area contributed by atoms with E-state index < -0.39 is 5.60 Å². The number of fused-ring (bicyclic) bond motifs is 1. The lowest BCUT2D eigenvalue weighted by atomic mass is 9.83. The number of carbonyl (C=O) groups excluding carboxylic acids is 1. The number of hydrogen-bond acceptors (Lipinski definition) is 4. The summed E-state index contributed by atoms with van der Waals surface area (Å²) in [5.74, 6) is 1.38. The maximum Gasteiger partial charge on any atom is 0.230 e. The van der Waals surface area contributed by atoms with Gasteiger partial charge in [0, 0.05) is 17.2 Å². The molecule has 5 heteroatoms. The van der Waals surface area contributed by atoms with E-state index in [1.54, 1.807) is 18.0 Å². The lowest BCUT2D eigenvalue weighted by Crippen LogP contribution is -2.43. The van der Waals surface area contributed by atoms with E-state index in [0.29, 0.717) is 17.4 Å². The second-order valence-corrected chi connectivity index (χ2v) is 7.43. The van der Waals surface area contributed by atoms with Crippen molar-refractivity contribution in [1.82, 2.24) is 5.32 Å². The Balaban J connectivity index is 1.49. The Labute approximate surface area is 129 Å². The van der Waals surface area contributed by atoms with Gasteiger partial charge in [-0.2, -0.15) is 0 Å². The van der Waals surface area contributed by atoms with Gasteiger partial charge in [-0.15, -0.1) is 11.8 Å². The summed E-state index contributed by atoms with van der Waals surface area (Å²) in [4.78, 5) is 12.0. The summed E-state index contributed by atoms with van der Waals surface area (Å²) in [6, 6.07) is 1.83. The van der Waals surface area contributed by atoms with Crippen molar-refractivity contribution in [3.05, 3.63) is 23.7 Å². The first-order chi connectivity index (χ1) is 10.2. The molecule has 21 heavy (non-hydrogen) atoms. The van der Waals surface area contributed by atoms with Gasteiger partial charge in [0.25, 0.3) is 0 Å². The summed E-state index contributed by atoms with van der Waals surface area (Å²) < 4.78 is 5.40. The molecule has 2 aliphatic rings. The van der Waals surface area contributed by atoms with E-state index in [9.17, 15) is 9.90 Å². The molecule has 1 saturated carbocycles. The van der Waals surface area contributed by atoms with Gasteiger partial charge in [0.1, 0.15) is 11.4 Å². The van der Waals surface area contributed by atoms with Crippen LogP contribution in [0.3, 0.4) is 0 Å². The highest BCUT2D eigenvalue weighted by molar-refractivity contribution is 8.00. The smallest absolute Gasteiger partial charge is 0.230 e. The van der Waals surface area contributed by atoms with E-state index in [4.69, 9.17) is 4.42 Å². The zero-order chi connectivity index (χ0) is 14.7. The third-order valence-electron chi connectivity index (χ3n) is 4.57. The number of furan rings is 1. The largest absolute Gasteiger partial charge is 0.469 e. The van der Waals surface area contributed by atoms with Crippen LogP contribution < -0.4 is 5.32 Å². The molecule has 1 fully saturated rings. The maximum atomic E-state index is 12.0. The fraction of sp³-hybridized carbons (Fsp3) is 0.688. The molecule has 0 aromatic carbocycles. The van der Waals surface area contributed by atoms with Crippen LogP contribution in [-0.2, 0) is 16.8 Å². The normalized spacial score (nSPS) is 25.8. The molecule has 1 heterocycles. The van der Waals surface area contributed by atoms with Gasteiger partial charge >= 0.3 is 0 Å². The van der Waals surface area contributed by atoms with Crippen LogP contribution >= 0.6 is 11.8 Å². The van der Waals surface area contributed by atoms with Crippen LogP contribution in [0, 0.1) is 0 Å². The van der Waals surface area contributed by atoms with E-state index in [-0.39, 0.29) is 12.5 Å². The molecule has 1 unspecified atom stereocenters. The molecule has 1 aromatic rings. The highest BCUT2D eigenvalue weighted by atomic mass is 32.2. The second kappa shape index (κ2) is 6.44. The third kappa shape index (κ3) is 3.46. The molecule has 3 rings (SSSR count). The number of hydrogen-bond donors (Lipinski definition) is 2. The number of nitrogens with one attached hydrogen (secondary N) is 1. The van der Waals surface area contributed by atoms with Gasteiger partial charge in [-0.1, -0.05) is 12.8 Å². The van der Waals surface area contributed by atoms with Crippen molar-refractivity contribution < 1.29 is 14.3 Å². The van der Waals surface area contributed by atoms with Gasteiger partial charge < -0.3 is 14.8 Å². The number of amides is 1. The summed E-state index contributed by atoms with van der Waals surface area (Å²) in [6.45, 7) is 0.281. The molecular formula is C16H23NO3S. The highest BCUT2D eigenvalue weighted by Crippen LogP contribution is 2.35. The minimum absolute atomic E-state index is 0.0240. The molecule has 2 aliphatic carbocycles. The number of aliphatic hydroxyl groups is 1. The van der Waals surface area contributed by atoms with Gasteiger partial charge in [-0.3, -0.25) is 4.79 Å². The van der Waals surface area contributed by atoms with Gasteiger partial charge in [0.2, 0.25) is 5.91 Å². The molecule has 0 spiro atoms. The summed E-state index contributed by atoms with van der Waals surface area (Å²) in [5.41, 5.74) is -0.119. The predicted octanol–water partition coefficient (Wildman–Crippen LogP) is 2.60. The van der Waals surface area contributed by atoms with E-state index in [2.05, 4.69) is 5.32 Å². The average Bonchev–Trinajstić information content (AvgIpc) is 3.14. The average molecular weight is 309 g/mol. The SMILES string of the molecule is O=C(CSC1CCCC1)NCC1(O)CCCc2occc21. The van der Waals surface area contributed by atoms with E-state index in [1.165, 1.54) is 25.7 Å². The zero-order valence-electron chi connectivity index (χ0n) is 12.3. The molecule has 2 N–H and O–H groups in total. The lowest BCUT2D eigenvalue weighted by Gasteiger charge is -2.31. The minimum atomic E-state index is -0.964. The van der Waals surface area contributed by atoms with E-state index in [0.717, 1.165) is 24.2 Å². The monoisotopic (exact) mass is 309 g/mol. The topological polar surface area (TPSA) is 62.5 Å². The molecule has 4 nitrogen and oxygen atoms in total. The Morgan fingerprint density at radius 2 is 2.24 bits per heavy atom. The molecule has 1 amide bonds. The standard InChI is InChI=1S/C16H23NO3S/c18-15(10-21-12-4-1-2-5-12)17-11-16(19)8-3-6-14-13(16)7-9-20-14/h7,9,12,19H,1-6,8,10-11H2,(H,17,18). The second-order valence-electron chi connectivity index (χ2n) is 6.14. The van der Waals surface area contributed by atoms with Crippen LogP contribution in [-0.4, -0.2) is 28.6 Å². The van der Waals surface area contributed by atoms with Crippen molar-refractivity contribution in [1.29, 1.82) is 0 Å². The molecule has 0 aliphatic heterocycles. The van der Waals surface area contributed by atoms with Crippen LogP contribution in [0.5, 0.6) is 0 Å². The Bertz CT molecular complexity index is 495. The third-order valence-corrected chi connectivity index (χ3v) is 5.94. The van der Waals surface area contributed by atoms with Crippen molar-refractivity contribution in [2.75, 3.05) is 12.3 Å². The number of carbonyl (C=O) groups is 1. The van der Waals surface area contributed by atoms with Crippen LogP contribution in [0.2, 0.25) is 0 Å². The zero-order valence-corrected chi connectivity index (χ0v) is 13.1. The first-order valence-electron chi connectivity index (χ1n) is 7.85. The summed E-state index contributed by atoms with van der Waals surface area (Å²) >= 11 is 1.75.